The lowest BCUT2D eigenvalue weighted by atomic mass is 10.1. The molecule has 0 bridgehead atoms. The summed E-state index contributed by atoms with van der Waals surface area (Å²) in [5.74, 6) is 3.63. The van der Waals surface area contributed by atoms with Gasteiger partial charge in [-0.2, -0.15) is 4.39 Å². The number of benzene rings is 2. The molecule has 0 saturated carbocycles. The van der Waals surface area contributed by atoms with Crippen molar-refractivity contribution in [1.29, 1.82) is 0 Å². The van der Waals surface area contributed by atoms with Gasteiger partial charge in [-0.25, -0.2) is 4.39 Å². The van der Waals surface area contributed by atoms with Crippen LogP contribution < -0.4 is 10.5 Å². The van der Waals surface area contributed by atoms with E-state index in [2.05, 4.69) is 11.8 Å². The molecule has 20 heavy (non-hydrogen) atoms. The van der Waals surface area contributed by atoms with E-state index in [1.54, 1.807) is 0 Å². The first-order valence-electron chi connectivity index (χ1n) is 6.05. The normalized spacial score (nSPS) is 9.75. The maximum atomic E-state index is 13.4. The van der Waals surface area contributed by atoms with Crippen LogP contribution in [-0.4, -0.2) is 6.54 Å². The first-order valence-corrected chi connectivity index (χ1v) is 6.05. The molecule has 2 N–H and O–H groups in total. The lowest BCUT2D eigenvalue weighted by Crippen LogP contribution is -1.99. The van der Waals surface area contributed by atoms with Gasteiger partial charge in [-0.15, -0.1) is 0 Å². The zero-order valence-electron chi connectivity index (χ0n) is 10.7. The van der Waals surface area contributed by atoms with E-state index in [1.165, 1.54) is 12.1 Å². The summed E-state index contributed by atoms with van der Waals surface area (Å²) in [5.41, 5.74) is 6.92. The molecular weight excluding hydrogens is 260 g/mol. The molecule has 0 radical (unpaired) electrons. The standard InChI is InChI=1S/C16H13F2NO/c17-14-7-2-8-15(16(14)18)20-11-13-5-1-4-12(10-13)6-3-9-19/h1-2,4-5,7-8,10H,9,11,19H2. The minimum Gasteiger partial charge on any atom is -0.486 e. The Bertz CT molecular complexity index is 659. The van der Waals surface area contributed by atoms with Gasteiger partial charge in [-0.1, -0.05) is 30.0 Å². The molecule has 0 saturated heterocycles. The van der Waals surface area contributed by atoms with Crippen LogP contribution >= 0.6 is 0 Å². The van der Waals surface area contributed by atoms with Crippen LogP contribution in [0.2, 0.25) is 0 Å². The van der Waals surface area contributed by atoms with E-state index in [0.29, 0.717) is 0 Å². The molecule has 2 aromatic carbocycles. The van der Waals surface area contributed by atoms with Crippen molar-refractivity contribution in [2.75, 3.05) is 6.54 Å². The van der Waals surface area contributed by atoms with Gasteiger partial charge in [-0.3, -0.25) is 0 Å². The Morgan fingerprint density at radius 3 is 2.70 bits per heavy atom. The Morgan fingerprint density at radius 2 is 1.90 bits per heavy atom. The zero-order valence-corrected chi connectivity index (χ0v) is 10.7. The van der Waals surface area contributed by atoms with E-state index in [1.807, 2.05) is 24.3 Å². The second-order valence-electron chi connectivity index (χ2n) is 4.05. The van der Waals surface area contributed by atoms with Crippen LogP contribution in [0.15, 0.2) is 42.5 Å². The van der Waals surface area contributed by atoms with Gasteiger partial charge in [0, 0.05) is 5.56 Å². The summed E-state index contributed by atoms with van der Waals surface area (Å²) in [6.45, 7) is 0.424. The van der Waals surface area contributed by atoms with Crippen molar-refractivity contribution in [2.24, 2.45) is 5.73 Å². The topological polar surface area (TPSA) is 35.2 Å². The molecule has 0 aliphatic carbocycles. The first-order chi connectivity index (χ1) is 9.70. The van der Waals surface area contributed by atoms with E-state index in [4.69, 9.17) is 10.5 Å². The average molecular weight is 273 g/mol. The molecule has 0 spiro atoms. The smallest absolute Gasteiger partial charge is 0.200 e. The van der Waals surface area contributed by atoms with Crippen molar-refractivity contribution >= 4 is 0 Å². The Labute approximate surface area is 116 Å². The van der Waals surface area contributed by atoms with Crippen LogP contribution in [0.3, 0.4) is 0 Å². The van der Waals surface area contributed by atoms with E-state index in [-0.39, 0.29) is 18.9 Å². The van der Waals surface area contributed by atoms with Gasteiger partial charge in [0.2, 0.25) is 5.82 Å². The fourth-order valence-corrected chi connectivity index (χ4v) is 1.65. The molecular formula is C16H13F2NO. The minimum absolute atomic E-state index is 0.108. The van der Waals surface area contributed by atoms with E-state index >= 15 is 0 Å². The second-order valence-corrected chi connectivity index (χ2v) is 4.05. The SMILES string of the molecule is NCC#Cc1cccc(COc2cccc(F)c2F)c1. The molecule has 0 atom stereocenters. The lowest BCUT2D eigenvalue weighted by molar-refractivity contribution is 0.284. The van der Waals surface area contributed by atoms with Crippen LogP contribution in [0.4, 0.5) is 8.78 Å². The first kappa shape index (κ1) is 14.0. The van der Waals surface area contributed by atoms with Crippen LogP contribution in [-0.2, 0) is 6.61 Å². The summed E-state index contributed by atoms with van der Waals surface area (Å²) < 4.78 is 31.7. The summed E-state index contributed by atoms with van der Waals surface area (Å²) in [5, 5.41) is 0. The molecule has 0 fully saturated rings. The van der Waals surface area contributed by atoms with Gasteiger partial charge < -0.3 is 10.5 Å². The highest BCUT2D eigenvalue weighted by atomic mass is 19.2. The third kappa shape index (κ3) is 3.56. The summed E-state index contributed by atoms with van der Waals surface area (Å²) in [6, 6.07) is 11.1. The van der Waals surface area contributed by atoms with Gasteiger partial charge in [0.15, 0.2) is 11.6 Å². The van der Waals surface area contributed by atoms with Crippen molar-refractivity contribution in [2.45, 2.75) is 6.61 Å². The molecule has 4 heteroatoms. The summed E-state index contributed by atoms with van der Waals surface area (Å²) in [4.78, 5) is 0. The third-order valence-corrected chi connectivity index (χ3v) is 2.57. The predicted octanol–water partition coefficient (Wildman–Crippen LogP) is 2.85. The van der Waals surface area contributed by atoms with Crippen LogP contribution in [0.1, 0.15) is 11.1 Å². The highest BCUT2D eigenvalue weighted by Crippen LogP contribution is 2.20. The molecule has 0 aliphatic heterocycles. The molecule has 2 rings (SSSR count). The predicted molar refractivity (Wildman–Crippen MR) is 73.1 cm³/mol. The number of rotatable bonds is 3. The monoisotopic (exact) mass is 273 g/mol. The fourth-order valence-electron chi connectivity index (χ4n) is 1.65. The summed E-state index contributed by atoms with van der Waals surface area (Å²) in [7, 11) is 0. The van der Waals surface area contributed by atoms with Gasteiger partial charge in [0.25, 0.3) is 0 Å². The van der Waals surface area contributed by atoms with Crippen molar-refractivity contribution < 1.29 is 13.5 Å². The number of hydrogen-bond acceptors (Lipinski definition) is 2. The van der Waals surface area contributed by atoms with Crippen LogP contribution in [0, 0.1) is 23.5 Å². The van der Waals surface area contributed by atoms with Gasteiger partial charge in [0.05, 0.1) is 6.54 Å². The van der Waals surface area contributed by atoms with E-state index in [9.17, 15) is 8.78 Å². The second kappa shape index (κ2) is 6.69. The Hall–Kier alpha value is -2.38. The minimum atomic E-state index is -0.980. The van der Waals surface area contributed by atoms with E-state index < -0.39 is 11.6 Å². The highest BCUT2D eigenvalue weighted by molar-refractivity contribution is 5.37. The number of hydrogen-bond donors (Lipinski definition) is 1. The van der Waals surface area contributed by atoms with E-state index in [0.717, 1.165) is 17.2 Å². The summed E-state index contributed by atoms with van der Waals surface area (Å²) in [6.07, 6.45) is 0. The Balaban J connectivity index is 2.09. The molecule has 0 heterocycles. The fraction of sp³-hybridized carbons (Fsp3) is 0.125. The average Bonchev–Trinajstić information content (AvgIpc) is 2.47. The number of nitrogens with two attached hydrogens (primary N) is 1. The van der Waals surface area contributed by atoms with Crippen molar-refractivity contribution in [3.05, 3.63) is 65.2 Å². The summed E-state index contributed by atoms with van der Waals surface area (Å²) >= 11 is 0. The zero-order chi connectivity index (χ0) is 14.4. The maximum absolute atomic E-state index is 13.4. The Morgan fingerprint density at radius 1 is 1.10 bits per heavy atom. The number of halogens is 2. The molecule has 0 unspecified atom stereocenters. The van der Waals surface area contributed by atoms with Crippen LogP contribution in [0.25, 0.3) is 0 Å². The lowest BCUT2D eigenvalue weighted by Gasteiger charge is -2.07. The largest absolute Gasteiger partial charge is 0.486 e. The van der Waals surface area contributed by atoms with Crippen molar-refractivity contribution in [3.8, 4) is 17.6 Å². The van der Waals surface area contributed by atoms with Crippen molar-refractivity contribution in [3.63, 3.8) is 0 Å². The molecule has 0 aliphatic rings. The molecule has 0 amide bonds. The molecule has 0 aromatic heterocycles. The number of ether oxygens (including phenoxy) is 1. The van der Waals surface area contributed by atoms with Crippen LogP contribution in [0.5, 0.6) is 5.75 Å². The van der Waals surface area contributed by atoms with Gasteiger partial charge in [-0.05, 0) is 29.8 Å². The quantitative estimate of drug-likeness (QED) is 0.873. The molecule has 102 valence electrons. The molecule has 2 aromatic rings. The van der Waals surface area contributed by atoms with Gasteiger partial charge in [0.1, 0.15) is 6.61 Å². The highest BCUT2D eigenvalue weighted by Gasteiger charge is 2.08. The Kier molecular flexibility index (Phi) is 4.70. The van der Waals surface area contributed by atoms with Crippen molar-refractivity contribution in [1.82, 2.24) is 0 Å². The van der Waals surface area contributed by atoms with Gasteiger partial charge >= 0.3 is 0 Å². The molecule has 2 nitrogen and oxygen atoms in total. The maximum Gasteiger partial charge on any atom is 0.200 e. The third-order valence-electron chi connectivity index (χ3n) is 2.57.